The minimum Gasteiger partial charge on any atom is -0.319 e. The maximum Gasteiger partial charge on any atom is 0.00882 e. The summed E-state index contributed by atoms with van der Waals surface area (Å²) in [7, 11) is 2.09. The van der Waals surface area contributed by atoms with Gasteiger partial charge in [-0.3, -0.25) is 0 Å². The van der Waals surface area contributed by atoms with Crippen LogP contribution in [-0.2, 0) is 10.8 Å². The summed E-state index contributed by atoms with van der Waals surface area (Å²) in [6.45, 7) is 8.00. The third-order valence-electron chi connectivity index (χ3n) is 5.72. The Morgan fingerprint density at radius 3 is 2.05 bits per heavy atom. The molecule has 1 aromatic rings. The maximum absolute atomic E-state index is 3.44. The molecule has 0 radical (unpaired) electrons. The van der Waals surface area contributed by atoms with Gasteiger partial charge >= 0.3 is 0 Å². The van der Waals surface area contributed by atoms with Gasteiger partial charge in [-0.15, -0.1) is 0 Å². The summed E-state index contributed by atoms with van der Waals surface area (Å²) >= 11 is 0. The molecule has 1 N–H and O–H groups in total. The topological polar surface area (TPSA) is 12.0 Å². The van der Waals surface area contributed by atoms with Crippen LogP contribution < -0.4 is 5.32 Å². The second kappa shape index (κ2) is 4.59. The highest BCUT2D eigenvalue weighted by Crippen LogP contribution is 2.64. The van der Waals surface area contributed by atoms with E-state index < -0.39 is 0 Å². The Morgan fingerprint density at radius 2 is 1.65 bits per heavy atom. The SMILES string of the molecule is CNCC1(c2ccc(C(C)(C)C)cc2)CC2(CCC2)C1. The van der Waals surface area contributed by atoms with Crippen LogP contribution in [0.2, 0.25) is 0 Å². The van der Waals surface area contributed by atoms with Gasteiger partial charge in [0.25, 0.3) is 0 Å². The summed E-state index contributed by atoms with van der Waals surface area (Å²) < 4.78 is 0. The molecule has 20 heavy (non-hydrogen) atoms. The molecule has 2 aliphatic rings. The van der Waals surface area contributed by atoms with Crippen LogP contribution in [0.1, 0.15) is 64.0 Å². The van der Waals surface area contributed by atoms with Gasteiger partial charge in [-0.25, -0.2) is 0 Å². The molecule has 110 valence electrons. The number of benzene rings is 1. The summed E-state index contributed by atoms with van der Waals surface area (Å²) in [4.78, 5) is 0. The molecule has 2 saturated carbocycles. The Hall–Kier alpha value is -0.820. The summed E-state index contributed by atoms with van der Waals surface area (Å²) in [6, 6.07) is 9.48. The van der Waals surface area contributed by atoms with Crippen molar-refractivity contribution in [1.82, 2.24) is 5.32 Å². The number of rotatable bonds is 3. The Kier molecular flexibility index (Phi) is 3.25. The molecule has 2 aliphatic carbocycles. The van der Waals surface area contributed by atoms with E-state index in [0.29, 0.717) is 5.41 Å². The first-order valence-electron chi connectivity index (χ1n) is 8.15. The van der Waals surface area contributed by atoms with Crippen LogP contribution in [0, 0.1) is 5.41 Å². The van der Waals surface area contributed by atoms with E-state index in [0.717, 1.165) is 12.0 Å². The van der Waals surface area contributed by atoms with Crippen LogP contribution in [0.3, 0.4) is 0 Å². The van der Waals surface area contributed by atoms with Crippen LogP contribution in [0.15, 0.2) is 24.3 Å². The highest BCUT2D eigenvalue weighted by atomic mass is 14.9. The molecule has 0 amide bonds. The lowest BCUT2D eigenvalue weighted by Gasteiger charge is -2.61. The monoisotopic (exact) mass is 271 g/mol. The molecule has 3 rings (SSSR count). The fourth-order valence-corrected chi connectivity index (χ4v) is 4.51. The Balaban J connectivity index is 1.82. The Labute approximate surface area is 124 Å². The first-order valence-corrected chi connectivity index (χ1v) is 8.15. The van der Waals surface area contributed by atoms with Crippen molar-refractivity contribution in [2.45, 2.75) is 63.7 Å². The number of hydrogen-bond acceptors (Lipinski definition) is 1. The van der Waals surface area contributed by atoms with Gasteiger partial charge in [0.05, 0.1) is 0 Å². The molecule has 0 aliphatic heterocycles. The van der Waals surface area contributed by atoms with Crippen molar-refractivity contribution >= 4 is 0 Å². The van der Waals surface area contributed by atoms with Gasteiger partial charge in [0.1, 0.15) is 0 Å². The smallest absolute Gasteiger partial charge is 0.00882 e. The predicted octanol–water partition coefficient (Wildman–Crippen LogP) is 4.41. The van der Waals surface area contributed by atoms with Gasteiger partial charge in [0.2, 0.25) is 0 Å². The van der Waals surface area contributed by atoms with Gasteiger partial charge in [0, 0.05) is 12.0 Å². The van der Waals surface area contributed by atoms with Gasteiger partial charge in [0.15, 0.2) is 0 Å². The molecule has 0 heterocycles. The summed E-state index contributed by atoms with van der Waals surface area (Å²) in [5.41, 5.74) is 4.38. The molecular formula is C19H29N. The van der Waals surface area contributed by atoms with Crippen LogP contribution >= 0.6 is 0 Å². The molecule has 1 aromatic carbocycles. The molecular weight excluding hydrogens is 242 g/mol. The van der Waals surface area contributed by atoms with E-state index in [4.69, 9.17) is 0 Å². The van der Waals surface area contributed by atoms with Gasteiger partial charge in [-0.05, 0) is 54.7 Å². The van der Waals surface area contributed by atoms with Crippen LogP contribution in [0.25, 0.3) is 0 Å². The normalized spacial score (nSPS) is 23.2. The quantitative estimate of drug-likeness (QED) is 0.859. The molecule has 1 spiro atoms. The lowest BCUT2D eigenvalue weighted by molar-refractivity contribution is -0.0475. The van der Waals surface area contributed by atoms with Crippen molar-refractivity contribution in [3.63, 3.8) is 0 Å². The van der Waals surface area contributed by atoms with Crippen molar-refractivity contribution < 1.29 is 0 Å². The number of likely N-dealkylation sites (N-methyl/N-ethyl adjacent to an activating group) is 1. The van der Waals surface area contributed by atoms with E-state index >= 15 is 0 Å². The minimum absolute atomic E-state index is 0.253. The molecule has 1 heteroatoms. The van der Waals surface area contributed by atoms with Gasteiger partial charge in [-0.1, -0.05) is 51.5 Å². The van der Waals surface area contributed by atoms with Gasteiger partial charge < -0.3 is 5.32 Å². The fraction of sp³-hybridized carbons (Fsp3) is 0.684. The molecule has 0 atom stereocenters. The molecule has 1 nitrogen and oxygen atoms in total. The summed E-state index contributed by atoms with van der Waals surface area (Å²) in [6.07, 6.45) is 7.20. The zero-order valence-corrected chi connectivity index (χ0v) is 13.6. The second-order valence-corrected chi connectivity index (χ2v) is 8.35. The number of nitrogens with one attached hydrogen (secondary N) is 1. The third-order valence-corrected chi connectivity index (χ3v) is 5.72. The Bertz CT molecular complexity index is 465. The van der Waals surface area contributed by atoms with E-state index in [1.165, 1.54) is 37.7 Å². The van der Waals surface area contributed by atoms with E-state index in [2.05, 4.69) is 57.4 Å². The van der Waals surface area contributed by atoms with E-state index in [1.54, 1.807) is 5.56 Å². The van der Waals surface area contributed by atoms with Crippen molar-refractivity contribution in [3.05, 3.63) is 35.4 Å². The highest BCUT2D eigenvalue weighted by molar-refractivity contribution is 5.36. The maximum atomic E-state index is 3.44. The highest BCUT2D eigenvalue weighted by Gasteiger charge is 2.57. The average molecular weight is 271 g/mol. The molecule has 0 bridgehead atoms. The first-order chi connectivity index (χ1) is 9.39. The van der Waals surface area contributed by atoms with Gasteiger partial charge in [-0.2, -0.15) is 0 Å². The van der Waals surface area contributed by atoms with Crippen LogP contribution in [0.4, 0.5) is 0 Å². The molecule has 0 saturated heterocycles. The second-order valence-electron chi connectivity index (χ2n) is 8.35. The lowest BCUT2D eigenvalue weighted by atomic mass is 9.43. The van der Waals surface area contributed by atoms with E-state index in [1.807, 2.05) is 0 Å². The fourth-order valence-electron chi connectivity index (χ4n) is 4.51. The summed E-state index contributed by atoms with van der Waals surface area (Å²) in [5, 5.41) is 3.44. The largest absolute Gasteiger partial charge is 0.319 e. The van der Waals surface area contributed by atoms with E-state index in [-0.39, 0.29) is 5.41 Å². The predicted molar refractivity (Wildman–Crippen MR) is 86.3 cm³/mol. The zero-order chi connectivity index (χ0) is 14.4. The van der Waals surface area contributed by atoms with E-state index in [9.17, 15) is 0 Å². The van der Waals surface area contributed by atoms with Crippen LogP contribution in [-0.4, -0.2) is 13.6 Å². The third kappa shape index (κ3) is 2.20. The standard InChI is InChI=1S/C19H29N/c1-17(2,3)15-6-8-16(9-7-15)19(14-20-4)12-18(13-19)10-5-11-18/h6-9,20H,5,10-14H2,1-4H3. The first kappa shape index (κ1) is 14.1. The van der Waals surface area contributed by atoms with Crippen molar-refractivity contribution in [2.75, 3.05) is 13.6 Å². The van der Waals surface area contributed by atoms with Crippen molar-refractivity contribution in [1.29, 1.82) is 0 Å². The average Bonchev–Trinajstić information content (AvgIpc) is 2.30. The summed E-state index contributed by atoms with van der Waals surface area (Å²) in [5.74, 6) is 0. The lowest BCUT2D eigenvalue weighted by Crippen LogP contribution is -2.57. The van der Waals surface area contributed by atoms with Crippen molar-refractivity contribution in [3.8, 4) is 0 Å². The molecule has 0 unspecified atom stereocenters. The molecule has 0 aromatic heterocycles. The minimum atomic E-state index is 0.253. The van der Waals surface area contributed by atoms with Crippen molar-refractivity contribution in [2.24, 2.45) is 5.41 Å². The number of hydrogen-bond donors (Lipinski definition) is 1. The molecule has 2 fully saturated rings. The van der Waals surface area contributed by atoms with Crippen LogP contribution in [0.5, 0.6) is 0 Å². The zero-order valence-electron chi connectivity index (χ0n) is 13.6. The Morgan fingerprint density at radius 1 is 1.05 bits per heavy atom.